The van der Waals surface area contributed by atoms with E-state index in [1.807, 2.05) is 24.3 Å². The molecule has 86 valence electrons. The molecule has 0 fully saturated rings. The molecule has 2 aromatic carbocycles. The van der Waals surface area contributed by atoms with E-state index in [2.05, 4.69) is 24.1 Å². The van der Waals surface area contributed by atoms with Gasteiger partial charge in [0, 0.05) is 36.2 Å². The van der Waals surface area contributed by atoms with E-state index >= 15 is 0 Å². The van der Waals surface area contributed by atoms with Gasteiger partial charge in [-0.3, -0.25) is 0 Å². The van der Waals surface area contributed by atoms with Crippen molar-refractivity contribution in [3.05, 3.63) is 42.0 Å². The second-order valence-electron chi connectivity index (χ2n) is 4.55. The number of anilines is 3. The molecule has 0 aromatic heterocycles. The fraction of sp³-hybridized carbons (Fsp3) is 0.143. The molecule has 4 N–H and O–H groups in total. The third kappa shape index (κ3) is 1.51. The Morgan fingerprint density at radius 1 is 0.941 bits per heavy atom. The van der Waals surface area contributed by atoms with E-state index in [0.29, 0.717) is 0 Å². The number of nitrogens with two attached hydrogens (primary N) is 2. The van der Waals surface area contributed by atoms with E-state index in [9.17, 15) is 0 Å². The minimum absolute atomic E-state index is 0.800. The lowest BCUT2D eigenvalue weighted by atomic mass is 9.93. The summed E-state index contributed by atoms with van der Waals surface area (Å²) in [5, 5.41) is 0. The van der Waals surface area contributed by atoms with Gasteiger partial charge >= 0.3 is 0 Å². The van der Waals surface area contributed by atoms with Gasteiger partial charge in [0.15, 0.2) is 0 Å². The van der Waals surface area contributed by atoms with Crippen molar-refractivity contribution in [1.29, 1.82) is 0 Å². The van der Waals surface area contributed by atoms with E-state index in [4.69, 9.17) is 11.5 Å². The first kappa shape index (κ1) is 10.0. The van der Waals surface area contributed by atoms with Crippen LogP contribution in [0.5, 0.6) is 0 Å². The summed E-state index contributed by atoms with van der Waals surface area (Å²) in [5.41, 5.74) is 18.2. The maximum atomic E-state index is 5.84. The van der Waals surface area contributed by atoms with Gasteiger partial charge in [-0.15, -0.1) is 0 Å². The molecule has 0 saturated carbocycles. The minimum Gasteiger partial charge on any atom is -0.399 e. The highest BCUT2D eigenvalue weighted by Gasteiger charge is 2.19. The number of benzene rings is 2. The number of rotatable bonds is 0. The van der Waals surface area contributed by atoms with Crippen molar-refractivity contribution in [1.82, 2.24) is 0 Å². The van der Waals surface area contributed by atoms with Gasteiger partial charge in [0.05, 0.1) is 0 Å². The van der Waals surface area contributed by atoms with Crippen LogP contribution in [0, 0.1) is 0 Å². The van der Waals surface area contributed by atoms with Crippen LogP contribution in [0.3, 0.4) is 0 Å². The van der Waals surface area contributed by atoms with Crippen LogP contribution in [0.25, 0.3) is 11.1 Å². The van der Waals surface area contributed by atoms with Crippen molar-refractivity contribution in [2.45, 2.75) is 6.54 Å². The Morgan fingerprint density at radius 2 is 1.59 bits per heavy atom. The maximum Gasteiger partial charge on any atom is 0.0467 e. The van der Waals surface area contributed by atoms with Crippen molar-refractivity contribution >= 4 is 17.1 Å². The van der Waals surface area contributed by atoms with Crippen molar-refractivity contribution in [2.75, 3.05) is 23.4 Å². The predicted molar refractivity (Wildman–Crippen MR) is 72.8 cm³/mol. The molecule has 3 nitrogen and oxygen atoms in total. The van der Waals surface area contributed by atoms with Crippen LogP contribution in [-0.2, 0) is 6.54 Å². The molecule has 3 rings (SSSR count). The molecule has 3 heteroatoms. The molecule has 0 aliphatic carbocycles. The van der Waals surface area contributed by atoms with Gasteiger partial charge in [-0.1, -0.05) is 12.1 Å². The highest BCUT2D eigenvalue weighted by atomic mass is 15.1. The Morgan fingerprint density at radius 3 is 2.35 bits per heavy atom. The average Bonchev–Trinajstić information content (AvgIpc) is 2.29. The zero-order chi connectivity index (χ0) is 12.0. The number of nitrogens with zero attached hydrogens (tertiary/aromatic N) is 1. The monoisotopic (exact) mass is 225 g/mol. The Bertz CT molecular complexity index is 590. The summed E-state index contributed by atoms with van der Waals surface area (Å²) in [6, 6.07) is 12.1. The standard InChI is InChI=1S/C14H15N3/c1-17-8-9-6-10(15)2-4-12(9)13-5-3-11(16)7-14(13)17/h2-7H,8,15-16H2,1H3. The van der Waals surface area contributed by atoms with Crippen LogP contribution in [0.1, 0.15) is 5.56 Å². The molecular formula is C14H15N3. The summed E-state index contributed by atoms with van der Waals surface area (Å²) in [6.07, 6.45) is 0. The summed E-state index contributed by atoms with van der Waals surface area (Å²) >= 11 is 0. The normalized spacial score (nSPS) is 13.1. The third-order valence-corrected chi connectivity index (χ3v) is 3.26. The first-order chi connectivity index (χ1) is 8.15. The van der Waals surface area contributed by atoms with Crippen LogP contribution in [0.2, 0.25) is 0 Å². The molecule has 0 unspecified atom stereocenters. The fourth-order valence-electron chi connectivity index (χ4n) is 2.44. The third-order valence-electron chi connectivity index (χ3n) is 3.26. The number of fused-ring (bicyclic) bond motifs is 3. The van der Waals surface area contributed by atoms with Crippen LogP contribution >= 0.6 is 0 Å². The molecule has 0 saturated heterocycles. The van der Waals surface area contributed by atoms with Gasteiger partial charge < -0.3 is 16.4 Å². The largest absolute Gasteiger partial charge is 0.399 e. The quantitative estimate of drug-likeness (QED) is 0.677. The highest BCUT2D eigenvalue weighted by molar-refractivity contribution is 5.86. The molecule has 0 atom stereocenters. The second-order valence-corrected chi connectivity index (χ2v) is 4.55. The van der Waals surface area contributed by atoms with Gasteiger partial charge in [-0.25, -0.2) is 0 Å². The molecule has 17 heavy (non-hydrogen) atoms. The van der Waals surface area contributed by atoms with Crippen LogP contribution in [0.4, 0.5) is 17.1 Å². The molecule has 2 aromatic rings. The summed E-state index contributed by atoms with van der Waals surface area (Å²) in [7, 11) is 2.07. The molecule has 1 aliphatic heterocycles. The number of hydrogen-bond acceptors (Lipinski definition) is 3. The summed E-state index contributed by atoms with van der Waals surface area (Å²) in [6.45, 7) is 0.872. The topological polar surface area (TPSA) is 55.3 Å². The van der Waals surface area contributed by atoms with E-state index in [1.165, 1.54) is 22.4 Å². The molecule has 0 spiro atoms. The lowest BCUT2D eigenvalue weighted by Gasteiger charge is -2.30. The SMILES string of the molecule is CN1Cc2cc(N)ccc2-c2ccc(N)cc21. The first-order valence-corrected chi connectivity index (χ1v) is 5.64. The zero-order valence-corrected chi connectivity index (χ0v) is 9.77. The Hall–Kier alpha value is -2.16. The molecular weight excluding hydrogens is 210 g/mol. The van der Waals surface area contributed by atoms with Gasteiger partial charge in [-0.05, 0) is 35.4 Å². The fourth-order valence-corrected chi connectivity index (χ4v) is 2.44. The molecule has 1 heterocycles. The highest BCUT2D eigenvalue weighted by Crippen LogP contribution is 2.39. The summed E-state index contributed by atoms with van der Waals surface area (Å²) in [4.78, 5) is 2.20. The smallest absolute Gasteiger partial charge is 0.0467 e. The predicted octanol–water partition coefficient (Wildman–Crippen LogP) is 2.47. The second kappa shape index (κ2) is 3.42. The van der Waals surface area contributed by atoms with E-state index in [0.717, 1.165) is 17.9 Å². The maximum absolute atomic E-state index is 5.84. The summed E-state index contributed by atoms with van der Waals surface area (Å²) in [5.74, 6) is 0. The van der Waals surface area contributed by atoms with E-state index < -0.39 is 0 Å². The summed E-state index contributed by atoms with van der Waals surface area (Å²) < 4.78 is 0. The molecule has 0 amide bonds. The first-order valence-electron chi connectivity index (χ1n) is 5.64. The molecule has 1 aliphatic rings. The van der Waals surface area contributed by atoms with E-state index in [-0.39, 0.29) is 0 Å². The Balaban J connectivity index is 2.26. The van der Waals surface area contributed by atoms with Gasteiger partial charge in [0.25, 0.3) is 0 Å². The van der Waals surface area contributed by atoms with Crippen LogP contribution < -0.4 is 16.4 Å². The molecule has 0 radical (unpaired) electrons. The minimum atomic E-state index is 0.800. The zero-order valence-electron chi connectivity index (χ0n) is 9.77. The molecule has 0 bridgehead atoms. The lowest BCUT2D eigenvalue weighted by Crippen LogP contribution is -2.21. The average molecular weight is 225 g/mol. The number of nitrogen functional groups attached to an aromatic ring is 2. The number of hydrogen-bond donors (Lipinski definition) is 2. The van der Waals surface area contributed by atoms with E-state index in [1.54, 1.807) is 0 Å². The van der Waals surface area contributed by atoms with Crippen molar-refractivity contribution < 1.29 is 0 Å². The Labute approximate surface area is 101 Å². The van der Waals surface area contributed by atoms with Gasteiger partial charge in [-0.2, -0.15) is 0 Å². The van der Waals surface area contributed by atoms with Crippen molar-refractivity contribution in [3.63, 3.8) is 0 Å². The van der Waals surface area contributed by atoms with Crippen LogP contribution in [-0.4, -0.2) is 7.05 Å². The van der Waals surface area contributed by atoms with Gasteiger partial charge in [0.1, 0.15) is 0 Å². The lowest BCUT2D eigenvalue weighted by molar-refractivity contribution is 0.911. The Kier molecular flexibility index (Phi) is 2.01. The van der Waals surface area contributed by atoms with Crippen LogP contribution in [0.15, 0.2) is 36.4 Å². The van der Waals surface area contributed by atoms with Gasteiger partial charge in [0.2, 0.25) is 0 Å². The van der Waals surface area contributed by atoms with Crippen molar-refractivity contribution in [3.8, 4) is 11.1 Å². The van der Waals surface area contributed by atoms with Crippen molar-refractivity contribution in [2.24, 2.45) is 0 Å².